The minimum Gasteiger partial charge on any atom is -0.383 e. The number of anilines is 1. The highest BCUT2D eigenvalue weighted by atomic mass is 31.2. The van der Waals surface area contributed by atoms with Crippen LogP contribution in [0.25, 0.3) is 0 Å². The Morgan fingerprint density at radius 2 is 2.12 bits per heavy atom. The largest absolute Gasteiger partial charge is 0.383 e. The molecule has 3 unspecified atom stereocenters. The van der Waals surface area contributed by atoms with Gasteiger partial charge in [-0.1, -0.05) is 0 Å². The molecule has 0 aromatic carbocycles. The second kappa shape index (κ2) is 8.20. The Morgan fingerprint density at radius 1 is 1.46 bits per heavy atom. The van der Waals surface area contributed by atoms with Crippen LogP contribution in [0.15, 0.2) is 17.1 Å². The van der Waals surface area contributed by atoms with Gasteiger partial charge in [-0.05, 0) is 32.8 Å². The van der Waals surface area contributed by atoms with Gasteiger partial charge in [0.05, 0.1) is 19.3 Å². The number of hydrogen-bond acceptors (Lipinski definition) is 7. The van der Waals surface area contributed by atoms with Gasteiger partial charge in [-0.25, -0.2) is 9.18 Å². The molecule has 1 aromatic rings. The van der Waals surface area contributed by atoms with Crippen LogP contribution in [0.4, 0.5) is 10.2 Å². The Bertz CT molecular complexity index is 646. The zero-order valence-electron chi connectivity index (χ0n) is 13.8. The third-order valence-electron chi connectivity index (χ3n) is 3.67. The third-order valence-corrected chi connectivity index (χ3v) is 5.80. The summed E-state index contributed by atoms with van der Waals surface area (Å²) in [6.07, 6.45) is 1.40. The molecule has 1 aromatic heterocycles. The van der Waals surface area contributed by atoms with Crippen LogP contribution in [0.5, 0.6) is 0 Å². The third kappa shape index (κ3) is 4.42. The van der Waals surface area contributed by atoms with E-state index in [1.54, 1.807) is 13.8 Å². The summed E-state index contributed by atoms with van der Waals surface area (Å²) in [6.45, 7) is 3.44. The van der Waals surface area contributed by atoms with E-state index in [1.807, 2.05) is 0 Å². The maximum absolute atomic E-state index is 14.4. The maximum Gasteiger partial charge on any atom is 0.364 e. The summed E-state index contributed by atoms with van der Waals surface area (Å²) in [5, 5.41) is 0. The van der Waals surface area contributed by atoms with E-state index in [4.69, 9.17) is 19.5 Å². The van der Waals surface area contributed by atoms with E-state index in [9.17, 15) is 13.8 Å². The second-order valence-electron chi connectivity index (χ2n) is 5.38. The molecule has 1 saturated heterocycles. The van der Waals surface area contributed by atoms with Crippen molar-refractivity contribution >= 4 is 13.4 Å². The summed E-state index contributed by atoms with van der Waals surface area (Å²) in [5.74, 6) is -1.65. The predicted octanol–water partition coefficient (Wildman–Crippen LogP) is 2.45. The smallest absolute Gasteiger partial charge is 0.364 e. The molecule has 1 fully saturated rings. The molecule has 2 heterocycles. The molecule has 10 heteroatoms. The summed E-state index contributed by atoms with van der Waals surface area (Å²) < 4.78 is 43.9. The average Bonchev–Trinajstić information content (AvgIpc) is 2.96. The Kier molecular flexibility index (Phi) is 6.51. The number of ether oxygens (including phenoxy) is 1. The minimum absolute atomic E-state index is 0.0956. The van der Waals surface area contributed by atoms with Gasteiger partial charge in [0.15, 0.2) is 0 Å². The molecule has 2 N–H and O–H groups in total. The van der Waals surface area contributed by atoms with E-state index in [2.05, 4.69) is 4.98 Å². The van der Waals surface area contributed by atoms with Gasteiger partial charge >= 0.3 is 13.3 Å². The van der Waals surface area contributed by atoms with Crippen molar-refractivity contribution in [2.45, 2.75) is 51.4 Å². The molecule has 3 atom stereocenters. The number of aromatic nitrogens is 2. The van der Waals surface area contributed by atoms with E-state index in [0.717, 1.165) is 0 Å². The zero-order chi connectivity index (χ0) is 17.7. The van der Waals surface area contributed by atoms with Gasteiger partial charge < -0.3 is 19.5 Å². The van der Waals surface area contributed by atoms with Crippen LogP contribution in [0.3, 0.4) is 0 Å². The lowest BCUT2D eigenvalue weighted by Gasteiger charge is -2.23. The summed E-state index contributed by atoms with van der Waals surface area (Å²) in [6, 6.07) is 1.49. The molecule has 0 saturated carbocycles. The van der Waals surface area contributed by atoms with Crippen molar-refractivity contribution in [3.63, 3.8) is 0 Å². The lowest BCUT2D eigenvalue weighted by Crippen LogP contribution is -2.27. The monoisotopic (exact) mass is 363 g/mol. The van der Waals surface area contributed by atoms with Crippen LogP contribution in [0.1, 0.15) is 39.3 Å². The van der Waals surface area contributed by atoms with E-state index >= 15 is 0 Å². The molecule has 1 aliphatic rings. The number of alkyl halides is 1. The topological polar surface area (TPSA) is 106 Å². The molecular weight excluding hydrogens is 340 g/mol. The SMILES string of the molecule is CCOP(=O)(OCC)C(F)CC1CCC(n2ccc(N)nc2=O)O1. The highest BCUT2D eigenvalue weighted by Gasteiger charge is 2.40. The first kappa shape index (κ1) is 19.1. The van der Waals surface area contributed by atoms with Crippen molar-refractivity contribution in [2.75, 3.05) is 18.9 Å². The van der Waals surface area contributed by atoms with Gasteiger partial charge in [-0.15, -0.1) is 0 Å². The normalized spacial score (nSPS) is 22.6. The lowest BCUT2D eigenvalue weighted by molar-refractivity contribution is -0.0106. The number of nitrogens with two attached hydrogens (primary N) is 1. The fourth-order valence-corrected chi connectivity index (χ4v) is 4.23. The minimum atomic E-state index is -3.81. The summed E-state index contributed by atoms with van der Waals surface area (Å²) >= 11 is 0. The van der Waals surface area contributed by atoms with Crippen LogP contribution in [0.2, 0.25) is 0 Å². The molecule has 1 aliphatic heterocycles. The van der Waals surface area contributed by atoms with Crippen LogP contribution in [-0.2, 0) is 18.3 Å². The van der Waals surface area contributed by atoms with Crippen molar-refractivity contribution in [3.8, 4) is 0 Å². The van der Waals surface area contributed by atoms with Crippen molar-refractivity contribution in [3.05, 3.63) is 22.7 Å². The van der Waals surface area contributed by atoms with E-state index in [-0.39, 0.29) is 25.5 Å². The number of nitrogen functional groups attached to an aromatic ring is 1. The molecule has 136 valence electrons. The van der Waals surface area contributed by atoms with Crippen molar-refractivity contribution < 1.29 is 22.7 Å². The fourth-order valence-electron chi connectivity index (χ4n) is 2.61. The van der Waals surface area contributed by atoms with Crippen LogP contribution >= 0.6 is 7.60 Å². The van der Waals surface area contributed by atoms with Crippen LogP contribution in [-0.4, -0.2) is 34.8 Å². The Balaban J connectivity index is 2.00. The second-order valence-corrected chi connectivity index (χ2v) is 7.53. The molecule has 0 aliphatic carbocycles. The number of halogens is 1. The Hall–Kier alpha value is -1.28. The van der Waals surface area contributed by atoms with Gasteiger partial charge in [-0.3, -0.25) is 9.13 Å². The van der Waals surface area contributed by atoms with Gasteiger partial charge in [-0.2, -0.15) is 4.98 Å². The Labute approximate surface area is 139 Å². The highest BCUT2D eigenvalue weighted by molar-refractivity contribution is 7.54. The van der Waals surface area contributed by atoms with Crippen molar-refractivity contribution in [1.82, 2.24) is 9.55 Å². The zero-order valence-corrected chi connectivity index (χ0v) is 14.7. The maximum atomic E-state index is 14.4. The summed E-state index contributed by atoms with van der Waals surface area (Å²) in [7, 11) is -3.81. The first-order valence-corrected chi connectivity index (χ1v) is 9.53. The molecule has 0 spiro atoms. The Morgan fingerprint density at radius 3 is 2.71 bits per heavy atom. The molecule has 0 bridgehead atoms. The summed E-state index contributed by atoms with van der Waals surface area (Å²) in [5.41, 5.74) is 4.93. The number of hydrogen-bond donors (Lipinski definition) is 1. The lowest BCUT2D eigenvalue weighted by atomic mass is 10.2. The molecule has 0 radical (unpaired) electrons. The molecule has 0 amide bonds. The summed E-state index contributed by atoms with van der Waals surface area (Å²) in [4.78, 5) is 15.5. The number of nitrogens with zero attached hydrogens (tertiary/aromatic N) is 2. The van der Waals surface area contributed by atoms with Gasteiger partial charge in [0.2, 0.25) is 5.91 Å². The number of rotatable bonds is 8. The first-order valence-electron chi connectivity index (χ1n) is 7.92. The van der Waals surface area contributed by atoms with Gasteiger partial charge in [0.1, 0.15) is 12.0 Å². The van der Waals surface area contributed by atoms with Crippen LogP contribution in [0, 0.1) is 0 Å². The van der Waals surface area contributed by atoms with Gasteiger partial charge in [0, 0.05) is 12.6 Å². The van der Waals surface area contributed by atoms with E-state index < -0.39 is 31.5 Å². The molecule has 2 rings (SSSR count). The van der Waals surface area contributed by atoms with Crippen LogP contribution < -0.4 is 11.4 Å². The first-order chi connectivity index (χ1) is 11.4. The fraction of sp³-hybridized carbons (Fsp3) is 0.714. The molecule has 24 heavy (non-hydrogen) atoms. The van der Waals surface area contributed by atoms with Crippen molar-refractivity contribution in [1.29, 1.82) is 0 Å². The predicted molar refractivity (Wildman–Crippen MR) is 86.4 cm³/mol. The van der Waals surface area contributed by atoms with E-state index in [0.29, 0.717) is 12.8 Å². The molecular formula is C14H23FN3O5P. The highest BCUT2D eigenvalue weighted by Crippen LogP contribution is 2.55. The molecule has 8 nitrogen and oxygen atoms in total. The standard InChI is InChI=1S/C14H23FN3O5P/c1-3-21-24(20,22-4-2)11(15)9-10-5-6-13(23-10)18-8-7-12(16)17-14(18)19/h7-8,10-11,13H,3-6,9H2,1-2H3,(H2,16,17,19). The average molecular weight is 363 g/mol. The van der Waals surface area contributed by atoms with Crippen molar-refractivity contribution in [2.24, 2.45) is 0 Å². The quantitative estimate of drug-likeness (QED) is 0.707. The van der Waals surface area contributed by atoms with Gasteiger partial charge in [0.25, 0.3) is 0 Å². The van der Waals surface area contributed by atoms with E-state index in [1.165, 1.54) is 16.8 Å².